The van der Waals surface area contributed by atoms with Crippen LogP contribution in [-0.4, -0.2) is 24.1 Å². The molecule has 2 aromatic rings. The lowest BCUT2D eigenvalue weighted by molar-refractivity contribution is -0.120. The molecule has 0 saturated heterocycles. The SMILES string of the molecule is CC(C)(C)c1cc(CC(=O)C(C)(C)S(=O)(=O)Cc2ccc(Cl)cc2)no1. The van der Waals surface area contributed by atoms with E-state index in [9.17, 15) is 13.2 Å². The van der Waals surface area contributed by atoms with E-state index >= 15 is 0 Å². The van der Waals surface area contributed by atoms with Gasteiger partial charge in [0.05, 0.1) is 17.9 Å². The Kier molecular flexibility index (Phi) is 5.69. The second-order valence-electron chi connectivity index (χ2n) is 7.93. The summed E-state index contributed by atoms with van der Waals surface area (Å²) < 4.78 is 29.3. The van der Waals surface area contributed by atoms with Gasteiger partial charge in [-0.05, 0) is 31.5 Å². The van der Waals surface area contributed by atoms with Gasteiger partial charge in [0.25, 0.3) is 0 Å². The topological polar surface area (TPSA) is 77.2 Å². The lowest BCUT2D eigenvalue weighted by Crippen LogP contribution is -2.42. The number of sulfone groups is 1. The molecule has 0 amide bonds. The van der Waals surface area contributed by atoms with Crippen LogP contribution in [0.15, 0.2) is 34.9 Å². The summed E-state index contributed by atoms with van der Waals surface area (Å²) in [4.78, 5) is 12.7. The summed E-state index contributed by atoms with van der Waals surface area (Å²) in [7, 11) is -3.72. The Bertz CT molecular complexity index is 890. The number of hydrogen-bond acceptors (Lipinski definition) is 5. The Labute approximate surface area is 159 Å². The van der Waals surface area contributed by atoms with E-state index in [0.717, 1.165) is 0 Å². The highest BCUT2D eigenvalue weighted by molar-refractivity contribution is 7.92. The van der Waals surface area contributed by atoms with Crippen LogP contribution in [0.4, 0.5) is 0 Å². The van der Waals surface area contributed by atoms with Crippen molar-refractivity contribution in [3.05, 3.63) is 52.4 Å². The van der Waals surface area contributed by atoms with Gasteiger partial charge in [0.15, 0.2) is 15.6 Å². The van der Waals surface area contributed by atoms with Crippen molar-refractivity contribution in [3.8, 4) is 0 Å². The molecule has 0 spiro atoms. The van der Waals surface area contributed by atoms with Crippen LogP contribution in [0, 0.1) is 0 Å². The number of Topliss-reactive ketones (excluding diaryl/α,β-unsaturated/α-hetero) is 1. The van der Waals surface area contributed by atoms with Crippen molar-refractivity contribution in [1.82, 2.24) is 5.16 Å². The van der Waals surface area contributed by atoms with Gasteiger partial charge in [-0.1, -0.05) is 49.7 Å². The van der Waals surface area contributed by atoms with Crippen molar-refractivity contribution in [2.45, 2.75) is 57.0 Å². The Morgan fingerprint density at radius 1 is 1.12 bits per heavy atom. The highest BCUT2D eigenvalue weighted by atomic mass is 35.5. The molecule has 0 radical (unpaired) electrons. The molecule has 0 bridgehead atoms. The normalized spacial score (nSPS) is 13.0. The molecule has 1 aromatic carbocycles. The molecule has 142 valence electrons. The Morgan fingerprint density at radius 3 is 2.19 bits per heavy atom. The van der Waals surface area contributed by atoms with Crippen LogP contribution in [0.3, 0.4) is 0 Å². The number of ketones is 1. The van der Waals surface area contributed by atoms with Crippen LogP contribution in [0.1, 0.15) is 51.6 Å². The number of nitrogens with zero attached hydrogens (tertiary/aromatic N) is 1. The third kappa shape index (κ3) is 4.54. The predicted molar refractivity (Wildman–Crippen MR) is 102 cm³/mol. The van der Waals surface area contributed by atoms with Crippen LogP contribution >= 0.6 is 11.6 Å². The fourth-order valence-electron chi connectivity index (χ4n) is 2.28. The molecule has 0 atom stereocenters. The van der Waals surface area contributed by atoms with Gasteiger partial charge in [0.2, 0.25) is 0 Å². The van der Waals surface area contributed by atoms with Crippen molar-refractivity contribution in [1.29, 1.82) is 0 Å². The van der Waals surface area contributed by atoms with Gasteiger partial charge in [-0.3, -0.25) is 4.79 Å². The van der Waals surface area contributed by atoms with Crippen molar-refractivity contribution >= 4 is 27.2 Å². The third-order valence-electron chi connectivity index (χ3n) is 4.36. The first-order valence-electron chi connectivity index (χ1n) is 8.29. The molecule has 0 unspecified atom stereocenters. The minimum Gasteiger partial charge on any atom is -0.361 e. The average molecular weight is 398 g/mol. The molecular formula is C19H24ClNO4S. The van der Waals surface area contributed by atoms with Crippen molar-refractivity contribution in [3.63, 3.8) is 0 Å². The lowest BCUT2D eigenvalue weighted by atomic mass is 9.92. The largest absolute Gasteiger partial charge is 0.361 e. The average Bonchev–Trinajstić information content (AvgIpc) is 2.98. The van der Waals surface area contributed by atoms with Gasteiger partial charge in [-0.2, -0.15) is 0 Å². The van der Waals surface area contributed by atoms with Gasteiger partial charge in [0, 0.05) is 16.5 Å². The van der Waals surface area contributed by atoms with E-state index in [2.05, 4.69) is 5.16 Å². The van der Waals surface area contributed by atoms with Gasteiger partial charge in [0.1, 0.15) is 10.5 Å². The number of hydrogen-bond donors (Lipinski definition) is 0. The van der Waals surface area contributed by atoms with E-state index in [1.54, 1.807) is 30.3 Å². The number of carbonyl (C=O) groups excluding carboxylic acids is 1. The lowest BCUT2D eigenvalue weighted by Gasteiger charge is -2.23. The van der Waals surface area contributed by atoms with Gasteiger partial charge < -0.3 is 4.52 Å². The van der Waals surface area contributed by atoms with E-state index in [0.29, 0.717) is 22.0 Å². The third-order valence-corrected chi connectivity index (χ3v) is 7.11. The fourth-order valence-corrected chi connectivity index (χ4v) is 3.82. The highest BCUT2D eigenvalue weighted by Crippen LogP contribution is 2.27. The highest BCUT2D eigenvalue weighted by Gasteiger charge is 2.41. The van der Waals surface area contributed by atoms with Gasteiger partial charge in [-0.25, -0.2) is 8.42 Å². The van der Waals surface area contributed by atoms with E-state index < -0.39 is 20.4 Å². The second-order valence-corrected chi connectivity index (χ2v) is 10.9. The molecule has 1 aromatic heterocycles. The van der Waals surface area contributed by atoms with Crippen LogP contribution in [-0.2, 0) is 32.2 Å². The molecular weight excluding hydrogens is 374 g/mol. The predicted octanol–water partition coefficient (Wildman–Crippen LogP) is 4.13. The van der Waals surface area contributed by atoms with E-state index in [1.807, 2.05) is 20.8 Å². The Morgan fingerprint density at radius 2 is 1.69 bits per heavy atom. The van der Waals surface area contributed by atoms with Gasteiger partial charge >= 0.3 is 0 Å². The zero-order chi connectivity index (χ0) is 19.8. The number of carbonyl (C=O) groups is 1. The summed E-state index contributed by atoms with van der Waals surface area (Å²) in [6.07, 6.45) is -0.0908. The number of rotatable bonds is 6. The first-order chi connectivity index (χ1) is 11.8. The van der Waals surface area contributed by atoms with E-state index in [4.69, 9.17) is 16.1 Å². The smallest absolute Gasteiger partial charge is 0.166 e. The molecule has 0 saturated carbocycles. The molecule has 0 aliphatic carbocycles. The zero-order valence-electron chi connectivity index (χ0n) is 15.7. The number of benzene rings is 1. The first kappa shape index (κ1) is 20.6. The Balaban J connectivity index is 2.17. The minimum atomic E-state index is -3.72. The molecule has 1 heterocycles. The summed E-state index contributed by atoms with van der Waals surface area (Å²) in [6, 6.07) is 8.26. The van der Waals surface area contributed by atoms with Crippen molar-refractivity contribution < 1.29 is 17.7 Å². The number of aromatic nitrogens is 1. The molecule has 7 heteroatoms. The Hall–Kier alpha value is -1.66. The maximum Gasteiger partial charge on any atom is 0.166 e. The van der Waals surface area contributed by atoms with Crippen LogP contribution in [0.25, 0.3) is 0 Å². The van der Waals surface area contributed by atoms with E-state index in [-0.39, 0.29) is 17.6 Å². The molecule has 26 heavy (non-hydrogen) atoms. The van der Waals surface area contributed by atoms with Gasteiger partial charge in [-0.15, -0.1) is 0 Å². The van der Waals surface area contributed by atoms with Crippen molar-refractivity contribution in [2.24, 2.45) is 0 Å². The number of halogens is 1. The van der Waals surface area contributed by atoms with Crippen LogP contribution < -0.4 is 0 Å². The summed E-state index contributed by atoms with van der Waals surface area (Å²) >= 11 is 5.83. The molecule has 0 N–H and O–H groups in total. The quantitative estimate of drug-likeness (QED) is 0.732. The molecule has 0 fully saturated rings. The fraction of sp³-hybridized carbons (Fsp3) is 0.474. The van der Waals surface area contributed by atoms with Crippen LogP contribution in [0.2, 0.25) is 5.02 Å². The van der Waals surface area contributed by atoms with E-state index in [1.165, 1.54) is 13.8 Å². The molecule has 2 rings (SSSR count). The first-order valence-corrected chi connectivity index (χ1v) is 10.3. The second kappa shape index (κ2) is 7.16. The summed E-state index contributed by atoms with van der Waals surface area (Å²) in [5.74, 6) is 0.0111. The molecule has 0 aliphatic heterocycles. The maximum absolute atomic E-state index is 12.8. The maximum atomic E-state index is 12.8. The van der Waals surface area contributed by atoms with Crippen molar-refractivity contribution in [2.75, 3.05) is 0 Å². The molecule has 5 nitrogen and oxygen atoms in total. The zero-order valence-corrected chi connectivity index (χ0v) is 17.2. The summed E-state index contributed by atoms with van der Waals surface area (Å²) in [6.45, 7) is 8.79. The minimum absolute atomic E-state index is 0.0908. The summed E-state index contributed by atoms with van der Waals surface area (Å²) in [5, 5.41) is 4.44. The summed E-state index contributed by atoms with van der Waals surface area (Å²) in [5.41, 5.74) is 0.797. The molecule has 0 aliphatic rings. The van der Waals surface area contributed by atoms with Crippen LogP contribution in [0.5, 0.6) is 0 Å². The monoisotopic (exact) mass is 397 g/mol. The standard InChI is InChI=1S/C19H24ClNO4S/c1-18(2,3)17-11-15(21-25-17)10-16(22)19(4,5)26(23,24)12-13-6-8-14(20)9-7-13/h6-9,11H,10,12H2,1-5H3.